The summed E-state index contributed by atoms with van der Waals surface area (Å²) in [6.07, 6.45) is 0. The molecule has 5 nitrogen and oxygen atoms in total. The summed E-state index contributed by atoms with van der Waals surface area (Å²) in [7, 11) is 1.58. The second kappa shape index (κ2) is 2.26. The van der Waals surface area contributed by atoms with Crippen molar-refractivity contribution in [1.82, 2.24) is 10.2 Å². The Balaban J connectivity index is 2.63. The molecule has 0 aromatic rings. The fourth-order valence-electron chi connectivity index (χ4n) is 0.754. The highest BCUT2D eigenvalue weighted by Gasteiger charge is 2.26. The number of carbonyl (C=O) groups excluding carboxylic acids is 2. The highest BCUT2D eigenvalue weighted by molar-refractivity contribution is 5.99. The Kier molecular flexibility index (Phi) is 1.58. The molecule has 1 heterocycles. The molecule has 0 bridgehead atoms. The maximum Gasteiger partial charge on any atom is 0.323 e. The predicted octanol–water partition coefficient (Wildman–Crippen LogP) is -1.50. The summed E-state index contributed by atoms with van der Waals surface area (Å²) in [5, 5.41) is 2.10. The lowest BCUT2D eigenvalue weighted by Gasteiger charge is -2.26. The Bertz CT molecular complexity index is 162. The third-order valence-corrected chi connectivity index (χ3v) is 1.38. The first-order valence-electron chi connectivity index (χ1n) is 2.93. The Morgan fingerprint density at radius 1 is 1.70 bits per heavy atom. The van der Waals surface area contributed by atoms with E-state index in [2.05, 4.69) is 5.32 Å². The molecule has 56 valence electrons. The summed E-state index contributed by atoms with van der Waals surface area (Å²) in [6, 6.07) is -0.964. The minimum atomic E-state index is -0.581. The van der Waals surface area contributed by atoms with Crippen molar-refractivity contribution in [3.63, 3.8) is 0 Å². The monoisotopic (exact) mass is 143 g/mol. The second-order valence-electron chi connectivity index (χ2n) is 2.28. The molecule has 3 amide bonds. The molecule has 1 aliphatic rings. The molecule has 3 N–H and O–H groups in total. The smallest absolute Gasteiger partial charge is 0.323 e. The van der Waals surface area contributed by atoms with E-state index in [4.69, 9.17) is 5.73 Å². The van der Waals surface area contributed by atoms with Crippen LogP contribution in [0.1, 0.15) is 0 Å². The first kappa shape index (κ1) is 7.01. The Morgan fingerprint density at radius 3 is 2.80 bits per heavy atom. The molecule has 1 fully saturated rings. The summed E-state index contributed by atoms with van der Waals surface area (Å²) in [5.41, 5.74) is 5.32. The van der Waals surface area contributed by atoms with Gasteiger partial charge in [-0.05, 0) is 0 Å². The molecule has 5 heteroatoms. The maximum atomic E-state index is 10.7. The summed E-state index contributed by atoms with van der Waals surface area (Å²) < 4.78 is 0. The van der Waals surface area contributed by atoms with Crippen molar-refractivity contribution in [3.05, 3.63) is 0 Å². The van der Waals surface area contributed by atoms with Gasteiger partial charge in [-0.15, -0.1) is 0 Å². The Labute approximate surface area is 58.2 Å². The fraction of sp³-hybridized carbons (Fsp3) is 0.600. The molecule has 1 saturated heterocycles. The highest BCUT2D eigenvalue weighted by atomic mass is 16.2. The number of urea groups is 1. The van der Waals surface area contributed by atoms with Crippen LogP contribution in [-0.2, 0) is 4.79 Å². The maximum absolute atomic E-state index is 10.7. The lowest BCUT2D eigenvalue weighted by molar-refractivity contribution is -0.122. The molecule has 0 spiro atoms. The number of carbonyl (C=O) groups is 2. The molecule has 0 aromatic heterocycles. The number of likely N-dealkylation sites (N-methyl/N-ethyl adjacent to an activating group) is 1. The zero-order valence-corrected chi connectivity index (χ0v) is 5.63. The molecule has 0 aliphatic carbocycles. The summed E-state index contributed by atoms with van der Waals surface area (Å²) >= 11 is 0. The highest BCUT2D eigenvalue weighted by Crippen LogP contribution is 1.94. The van der Waals surface area contributed by atoms with E-state index in [0.717, 1.165) is 0 Å². The molecule has 0 saturated carbocycles. The van der Waals surface area contributed by atoms with Gasteiger partial charge in [0, 0.05) is 13.6 Å². The van der Waals surface area contributed by atoms with Crippen LogP contribution in [0.15, 0.2) is 0 Å². The molecule has 10 heavy (non-hydrogen) atoms. The first-order valence-corrected chi connectivity index (χ1v) is 2.93. The summed E-state index contributed by atoms with van der Waals surface area (Å²) in [4.78, 5) is 22.7. The number of nitrogens with one attached hydrogen (secondary N) is 1. The molecular formula is C5H9N3O2. The van der Waals surface area contributed by atoms with Crippen LogP contribution < -0.4 is 11.1 Å². The molecular weight excluding hydrogens is 134 g/mol. The average Bonchev–Trinajstić information content (AvgIpc) is 1.84. The minimum absolute atomic E-state index is 0.296. The van der Waals surface area contributed by atoms with E-state index in [1.165, 1.54) is 4.90 Å². The van der Waals surface area contributed by atoms with Crippen LogP contribution in [0, 0.1) is 0 Å². The van der Waals surface area contributed by atoms with Gasteiger partial charge in [0.05, 0.1) is 0 Å². The normalized spacial score (nSPS) is 26.6. The van der Waals surface area contributed by atoms with Crippen molar-refractivity contribution >= 4 is 11.9 Å². The van der Waals surface area contributed by atoms with Crippen molar-refractivity contribution in [3.8, 4) is 0 Å². The zero-order chi connectivity index (χ0) is 7.72. The van der Waals surface area contributed by atoms with Crippen LogP contribution in [0.4, 0.5) is 4.79 Å². The largest absolute Gasteiger partial charge is 0.325 e. The number of hydrogen-bond donors (Lipinski definition) is 2. The predicted molar refractivity (Wildman–Crippen MR) is 34.1 cm³/mol. The molecule has 1 rings (SSSR count). The van der Waals surface area contributed by atoms with Crippen molar-refractivity contribution in [2.75, 3.05) is 13.6 Å². The van der Waals surface area contributed by atoms with Crippen LogP contribution in [0.2, 0.25) is 0 Å². The molecule has 1 unspecified atom stereocenters. The van der Waals surface area contributed by atoms with Gasteiger partial charge in [0.1, 0.15) is 6.04 Å². The van der Waals surface area contributed by atoms with Crippen molar-refractivity contribution in [2.24, 2.45) is 5.73 Å². The molecule has 1 aliphatic heterocycles. The zero-order valence-electron chi connectivity index (χ0n) is 5.63. The SMILES string of the molecule is CN1CC(N)C(=O)NC1=O. The van der Waals surface area contributed by atoms with Gasteiger partial charge in [-0.3, -0.25) is 10.1 Å². The first-order chi connectivity index (χ1) is 4.61. The quantitative estimate of drug-likeness (QED) is 0.433. The summed E-state index contributed by atoms with van der Waals surface area (Å²) in [6.45, 7) is 0.296. The fourth-order valence-corrected chi connectivity index (χ4v) is 0.754. The van der Waals surface area contributed by atoms with E-state index in [-0.39, 0.29) is 6.03 Å². The molecule has 0 aromatic carbocycles. The van der Waals surface area contributed by atoms with Crippen molar-refractivity contribution in [2.45, 2.75) is 6.04 Å². The lowest BCUT2D eigenvalue weighted by atomic mass is 10.2. The third-order valence-electron chi connectivity index (χ3n) is 1.38. The third kappa shape index (κ3) is 1.08. The Morgan fingerprint density at radius 2 is 2.30 bits per heavy atom. The van der Waals surface area contributed by atoms with Crippen LogP contribution in [0.5, 0.6) is 0 Å². The number of amides is 3. The van der Waals surface area contributed by atoms with E-state index in [1.807, 2.05) is 0 Å². The van der Waals surface area contributed by atoms with Crippen molar-refractivity contribution in [1.29, 1.82) is 0 Å². The van der Waals surface area contributed by atoms with Gasteiger partial charge in [-0.2, -0.15) is 0 Å². The second-order valence-corrected chi connectivity index (χ2v) is 2.28. The lowest BCUT2D eigenvalue weighted by Crippen LogP contribution is -2.58. The van der Waals surface area contributed by atoms with Crippen molar-refractivity contribution < 1.29 is 9.59 Å². The standard InChI is InChI=1S/C5H9N3O2/c1-8-2-3(6)4(9)7-5(8)10/h3H,2,6H2,1H3,(H,7,9,10). The summed E-state index contributed by atoms with van der Waals surface area (Å²) in [5.74, 6) is -0.400. The van der Waals surface area contributed by atoms with Crippen LogP contribution in [0.3, 0.4) is 0 Å². The number of imide groups is 1. The minimum Gasteiger partial charge on any atom is -0.325 e. The van der Waals surface area contributed by atoms with E-state index in [1.54, 1.807) is 7.05 Å². The average molecular weight is 143 g/mol. The van der Waals surface area contributed by atoms with Crippen LogP contribution >= 0.6 is 0 Å². The molecule has 1 atom stereocenters. The van der Waals surface area contributed by atoms with E-state index < -0.39 is 11.9 Å². The number of rotatable bonds is 0. The van der Waals surface area contributed by atoms with Gasteiger partial charge in [-0.25, -0.2) is 4.79 Å². The van der Waals surface area contributed by atoms with E-state index in [0.29, 0.717) is 6.54 Å². The number of hydrogen-bond acceptors (Lipinski definition) is 3. The number of nitrogens with zero attached hydrogens (tertiary/aromatic N) is 1. The number of nitrogens with two attached hydrogens (primary N) is 1. The van der Waals surface area contributed by atoms with Crippen LogP contribution in [-0.4, -0.2) is 36.5 Å². The van der Waals surface area contributed by atoms with Gasteiger partial charge < -0.3 is 10.6 Å². The van der Waals surface area contributed by atoms with E-state index >= 15 is 0 Å². The van der Waals surface area contributed by atoms with Gasteiger partial charge >= 0.3 is 6.03 Å². The van der Waals surface area contributed by atoms with Gasteiger partial charge in [0.25, 0.3) is 0 Å². The van der Waals surface area contributed by atoms with Gasteiger partial charge in [0.15, 0.2) is 0 Å². The Hall–Kier alpha value is -1.10. The topological polar surface area (TPSA) is 75.4 Å². The van der Waals surface area contributed by atoms with Crippen LogP contribution in [0.25, 0.3) is 0 Å². The van der Waals surface area contributed by atoms with Gasteiger partial charge in [0.2, 0.25) is 5.91 Å². The van der Waals surface area contributed by atoms with Gasteiger partial charge in [-0.1, -0.05) is 0 Å². The molecule has 0 radical (unpaired) electrons. The van der Waals surface area contributed by atoms with E-state index in [9.17, 15) is 9.59 Å².